The minimum Gasteiger partial charge on any atom is -0.459 e. The molecule has 2 aliphatic rings. The van der Waals surface area contributed by atoms with Crippen molar-refractivity contribution >= 4 is 5.91 Å². The van der Waals surface area contributed by atoms with Gasteiger partial charge in [-0.05, 0) is 38.7 Å². The number of hydrogen-bond donors (Lipinski definition) is 1. The standard InChI is InChI=1S/C16H23NO3/c1-11-8-10-20-15(11)16(19)17-9-4-6-13(17)12-5-2-3-7-14(12)18/h8,10,12-14,18H,2-7,9H2,1H3/t12-,13+,14-/m0/s1. The molecule has 0 radical (unpaired) electrons. The maximum Gasteiger partial charge on any atom is 0.290 e. The van der Waals surface area contributed by atoms with Crippen molar-refractivity contribution < 1.29 is 14.3 Å². The summed E-state index contributed by atoms with van der Waals surface area (Å²) in [5.41, 5.74) is 0.893. The van der Waals surface area contributed by atoms with Gasteiger partial charge in [-0.25, -0.2) is 0 Å². The van der Waals surface area contributed by atoms with Gasteiger partial charge in [-0.15, -0.1) is 0 Å². The molecule has 1 saturated carbocycles. The third kappa shape index (κ3) is 2.37. The van der Waals surface area contributed by atoms with E-state index >= 15 is 0 Å². The number of amides is 1. The Labute approximate surface area is 119 Å². The first kappa shape index (κ1) is 13.7. The van der Waals surface area contributed by atoms with E-state index in [4.69, 9.17) is 4.42 Å². The van der Waals surface area contributed by atoms with Crippen molar-refractivity contribution in [3.8, 4) is 0 Å². The van der Waals surface area contributed by atoms with Crippen LogP contribution in [0.3, 0.4) is 0 Å². The third-order valence-corrected chi connectivity index (χ3v) is 4.89. The van der Waals surface area contributed by atoms with Crippen molar-refractivity contribution in [3.63, 3.8) is 0 Å². The minimum absolute atomic E-state index is 0.00669. The van der Waals surface area contributed by atoms with E-state index in [9.17, 15) is 9.90 Å². The Hall–Kier alpha value is -1.29. The molecule has 4 nitrogen and oxygen atoms in total. The van der Waals surface area contributed by atoms with Gasteiger partial charge < -0.3 is 14.4 Å². The molecule has 3 atom stereocenters. The Bertz CT molecular complexity index is 482. The van der Waals surface area contributed by atoms with Crippen LogP contribution >= 0.6 is 0 Å². The number of hydrogen-bond acceptors (Lipinski definition) is 3. The average Bonchev–Trinajstić information content (AvgIpc) is 3.07. The summed E-state index contributed by atoms with van der Waals surface area (Å²) in [5.74, 6) is 0.695. The van der Waals surface area contributed by atoms with Crippen LogP contribution in [0.5, 0.6) is 0 Å². The van der Waals surface area contributed by atoms with E-state index in [0.717, 1.165) is 44.2 Å². The zero-order valence-corrected chi connectivity index (χ0v) is 12.0. The van der Waals surface area contributed by atoms with E-state index in [0.29, 0.717) is 5.76 Å². The lowest BCUT2D eigenvalue weighted by atomic mass is 9.80. The van der Waals surface area contributed by atoms with Gasteiger partial charge in [0, 0.05) is 24.1 Å². The molecule has 1 aromatic heterocycles. The molecule has 1 amide bonds. The molecule has 4 heteroatoms. The number of aryl methyl sites for hydroxylation is 1. The second kappa shape index (κ2) is 5.60. The highest BCUT2D eigenvalue weighted by Crippen LogP contribution is 2.35. The summed E-state index contributed by atoms with van der Waals surface area (Å²) in [4.78, 5) is 14.6. The van der Waals surface area contributed by atoms with Crippen LogP contribution in [0.25, 0.3) is 0 Å². The summed E-state index contributed by atoms with van der Waals surface area (Å²) >= 11 is 0. The Morgan fingerprint density at radius 1 is 1.30 bits per heavy atom. The van der Waals surface area contributed by atoms with Gasteiger partial charge in [0.05, 0.1) is 12.4 Å². The van der Waals surface area contributed by atoms with Crippen molar-refractivity contribution in [2.45, 2.75) is 57.6 Å². The molecule has 1 aliphatic heterocycles. The Balaban J connectivity index is 1.78. The number of carbonyl (C=O) groups is 1. The van der Waals surface area contributed by atoms with Crippen LogP contribution in [0, 0.1) is 12.8 Å². The Morgan fingerprint density at radius 3 is 2.80 bits per heavy atom. The fraction of sp³-hybridized carbons (Fsp3) is 0.688. The second-order valence-corrected chi connectivity index (χ2v) is 6.16. The number of furan rings is 1. The molecular weight excluding hydrogens is 254 g/mol. The van der Waals surface area contributed by atoms with E-state index in [1.165, 1.54) is 6.42 Å². The van der Waals surface area contributed by atoms with E-state index in [-0.39, 0.29) is 24.0 Å². The van der Waals surface area contributed by atoms with Crippen LogP contribution in [-0.4, -0.2) is 34.6 Å². The monoisotopic (exact) mass is 277 g/mol. The largest absolute Gasteiger partial charge is 0.459 e. The van der Waals surface area contributed by atoms with Gasteiger partial charge in [0.2, 0.25) is 0 Å². The smallest absolute Gasteiger partial charge is 0.290 e. The molecule has 3 rings (SSSR count). The molecule has 110 valence electrons. The lowest BCUT2D eigenvalue weighted by molar-refractivity contribution is 0.0199. The molecule has 0 bridgehead atoms. The first-order chi connectivity index (χ1) is 9.68. The van der Waals surface area contributed by atoms with Crippen LogP contribution in [0.2, 0.25) is 0 Å². The second-order valence-electron chi connectivity index (χ2n) is 6.16. The number of rotatable bonds is 2. The van der Waals surface area contributed by atoms with Crippen molar-refractivity contribution in [1.82, 2.24) is 4.90 Å². The third-order valence-electron chi connectivity index (χ3n) is 4.89. The van der Waals surface area contributed by atoms with Crippen molar-refractivity contribution in [2.24, 2.45) is 5.92 Å². The SMILES string of the molecule is Cc1ccoc1C(=O)N1CCC[C@@H]1[C@@H]1CCCC[C@@H]1O. The van der Waals surface area contributed by atoms with Crippen LogP contribution in [0.15, 0.2) is 16.7 Å². The van der Waals surface area contributed by atoms with Gasteiger partial charge in [-0.1, -0.05) is 12.8 Å². The predicted octanol–water partition coefficient (Wildman–Crippen LogP) is 2.74. The molecule has 1 aliphatic carbocycles. The number of aliphatic hydroxyl groups is 1. The number of aliphatic hydroxyl groups excluding tert-OH is 1. The summed E-state index contributed by atoms with van der Waals surface area (Å²) < 4.78 is 5.35. The normalized spacial score (nSPS) is 30.7. The first-order valence-corrected chi connectivity index (χ1v) is 7.71. The summed E-state index contributed by atoms with van der Waals surface area (Å²) in [5, 5.41) is 10.3. The zero-order valence-electron chi connectivity index (χ0n) is 12.0. The predicted molar refractivity (Wildman–Crippen MR) is 75.5 cm³/mol. The van der Waals surface area contributed by atoms with E-state index in [1.54, 1.807) is 6.26 Å². The Kier molecular flexibility index (Phi) is 3.83. The number of carbonyl (C=O) groups excluding carboxylic acids is 1. The molecule has 1 N–H and O–H groups in total. The first-order valence-electron chi connectivity index (χ1n) is 7.71. The van der Waals surface area contributed by atoms with Gasteiger partial charge in [0.1, 0.15) is 0 Å². The van der Waals surface area contributed by atoms with Crippen molar-refractivity contribution in [3.05, 3.63) is 23.7 Å². The van der Waals surface area contributed by atoms with E-state index < -0.39 is 0 Å². The summed E-state index contributed by atoms with van der Waals surface area (Å²) in [6.07, 6.45) is 7.54. The topological polar surface area (TPSA) is 53.7 Å². The molecule has 0 unspecified atom stereocenters. The summed E-state index contributed by atoms with van der Waals surface area (Å²) in [6, 6.07) is 2.01. The molecule has 2 heterocycles. The van der Waals surface area contributed by atoms with Crippen LogP contribution < -0.4 is 0 Å². The van der Waals surface area contributed by atoms with E-state index in [2.05, 4.69) is 0 Å². The lowest BCUT2D eigenvalue weighted by Crippen LogP contribution is -2.45. The molecule has 20 heavy (non-hydrogen) atoms. The molecule has 2 fully saturated rings. The molecule has 1 saturated heterocycles. The van der Waals surface area contributed by atoms with Crippen LogP contribution in [-0.2, 0) is 0 Å². The fourth-order valence-corrected chi connectivity index (χ4v) is 3.80. The van der Waals surface area contributed by atoms with Crippen molar-refractivity contribution in [2.75, 3.05) is 6.54 Å². The fourth-order valence-electron chi connectivity index (χ4n) is 3.80. The average molecular weight is 277 g/mol. The zero-order chi connectivity index (χ0) is 14.1. The molecule has 0 spiro atoms. The highest BCUT2D eigenvalue weighted by atomic mass is 16.3. The number of nitrogens with zero attached hydrogens (tertiary/aromatic N) is 1. The van der Waals surface area contributed by atoms with Crippen LogP contribution in [0.4, 0.5) is 0 Å². The summed E-state index contributed by atoms with van der Waals surface area (Å²) in [7, 11) is 0. The van der Waals surface area contributed by atoms with Gasteiger partial charge in [0.15, 0.2) is 5.76 Å². The maximum atomic E-state index is 12.6. The number of likely N-dealkylation sites (tertiary alicyclic amines) is 1. The van der Waals surface area contributed by atoms with Gasteiger partial charge >= 0.3 is 0 Å². The highest BCUT2D eigenvalue weighted by Gasteiger charge is 2.40. The highest BCUT2D eigenvalue weighted by molar-refractivity contribution is 5.93. The van der Waals surface area contributed by atoms with Crippen molar-refractivity contribution in [1.29, 1.82) is 0 Å². The minimum atomic E-state index is -0.250. The summed E-state index contributed by atoms with van der Waals surface area (Å²) in [6.45, 7) is 2.68. The van der Waals surface area contributed by atoms with Gasteiger partial charge in [0.25, 0.3) is 5.91 Å². The van der Waals surface area contributed by atoms with Gasteiger partial charge in [-0.3, -0.25) is 4.79 Å². The molecular formula is C16H23NO3. The van der Waals surface area contributed by atoms with Crippen LogP contribution in [0.1, 0.15) is 54.6 Å². The molecule has 0 aromatic carbocycles. The van der Waals surface area contributed by atoms with E-state index in [1.807, 2.05) is 17.9 Å². The quantitative estimate of drug-likeness (QED) is 0.904. The maximum absolute atomic E-state index is 12.6. The molecule has 1 aromatic rings. The lowest BCUT2D eigenvalue weighted by Gasteiger charge is -2.37. The van der Waals surface area contributed by atoms with Gasteiger partial charge in [-0.2, -0.15) is 0 Å². The Morgan fingerprint density at radius 2 is 2.10 bits per heavy atom.